The molecule has 0 unspecified atom stereocenters. The van der Waals surface area contributed by atoms with E-state index in [1.54, 1.807) is 6.08 Å². The normalized spacial score (nSPS) is 17.5. The predicted molar refractivity (Wildman–Crippen MR) is 64.9 cm³/mol. The molecule has 1 heterocycles. The summed E-state index contributed by atoms with van der Waals surface area (Å²) >= 11 is 0. The summed E-state index contributed by atoms with van der Waals surface area (Å²) in [4.78, 5) is 0. The van der Waals surface area contributed by atoms with E-state index in [2.05, 4.69) is 34.5 Å². The Morgan fingerprint density at radius 1 is 1.35 bits per heavy atom. The fourth-order valence-corrected chi connectivity index (χ4v) is 1.76. The van der Waals surface area contributed by atoms with E-state index in [1.807, 2.05) is 0 Å². The Morgan fingerprint density at radius 2 is 1.94 bits per heavy atom. The van der Waals surface area contributed by atoms with Crippen LogP contribution in [-0.2, 0) is 0 Å². The van der Waals surface area contributed by atoms with Gasteiger partial charge in [-0.3, -0.25) is 0 Å². The molecule has 1 aromatic rings. The molecule has 0 fully saturated rings. The summed E-state index contributed by atoms with van der Waals surface area (Å²) in [7, 11) is 0. The van der Waals surface area contributed by atoms with Gasteiger partial charge in [-0.25, -0.2) is 0 Å². The van der Waals surface area contributed by atoms with Crippen LogP contribution in [0.15, 0.2) is 40.8 Å². The molecule has 17 heavy (non-hydrogen) atoms. The van der Waals surface area contributed by atoms with Crippen molar-refractivity contribution in [1.82, 2.24) is 10.2 Å². The van der Waals surface area contributed by atoms with Crippen LogP contribution in [0.5, 0.6) is 0 Å². The summed E-state index contributed by atoms with van der Waals surface area (Å²) in [6.07, 6.45) is 9.29. The van der Waals surface area contributed by atoms with Gasteiger partial charge in [0.25, 0.3) is 0 Å². The van der Waals surface area contributed by atoms with Gasteiger partial charge in [-0.05, 0) is 30.8 Å². The fourth-order valence-electron chi connectivity index (χ4n) is 1.76. The molecule has 0 amide bonds. The minimum absolute atomic E-state index is 0.191. The average Bonchev–Trinajstić information content (AvgIpc) is 2.92. The van der Waals surface area contributed by atoms with Crippen LogP contribution >= 0.6 is 0 Å². The molecule has 0 aromatic carbocycles. The Bertz CT molecular complexity index is 361. The maximum absolute atomic E-state index is 9.27. The van der Waals surface area contributed by atoms with Gasteiger partial charge in [-0.2, -0.15) is 0 Å². The first-order valence-corrected chi connectivity index (χ1v) is 5.69. The van der Waals surface area contributed by atoms with Crippen LogP contribution < -0.4 is 5.73 Å². The van der Waals surface area contributed by atoms with E-state index >= 15 is 0 Å². The maximum atomic E-state index is 9.27. The topological polar surface area (TPSA) is 85.2 Å². The van der Waals surface area contributed by atoms with Crippen LogP contribution in [0.4, 0.5) is 0 Å². The Morgan fingerprint density at radius 3 is 2.29 bits per heavy atom. The van der Waals surface area contributed by atoms with Crippen LogP contribution in [0.1, 0.15) is 33.1 Å². The second-order valence-corrected chi connectivity index (χ2v) is 4.07. The second-order valence-electron chi connectivity index (χ2n) is 4.07. The molecule has 1 aliphatic rings. The minimum atomic E-state index is 0.191. The van der Waals surface area contributed by atoms with Gasteiger partial charge in [-0.15, -0.1) is 10.2 Å². The molecule has 1 aromatic heterocycles. The van der Waals surface area contributed by atoms with Crippen LogP contribution in [-0.4, -0.2) is 15.3 Å². The van der Waals surface area contributed by atoms with Crippen molar-refractivity contribution in [3.63, 3.8) is 0 Å². The van der Waals surface area contributed by atoms with Gasteiger partial charge >= 0.3 is 0 Å². The highest BCUT2D eigenvalue weighted by atomic mass is 16.3. The first-order valence-electron chi connectivity index (χ1n) is 5.69. The van der Waals surface area contributed by atoms with E-state index in [4.69, 9.17) is 5.73 Å². The maximum Gasteiger partial charge on any atom is 0.203 e. The van der Waals surface area contributed by atoms with Gasteiger partial charge in [0.15, 0.2) is 0 Å². The standard InChI is InChI=1S/C10H17NO.C2H2N2O/c1-3-10(4-2)6-5-9(12)8(11)7-10;1-3-4-2-5-1/h5-6,12H,3-4,7,11H2,1-2H3;1-2H. The van der Waals surface area contributed by atoms with Crippen molar-refractivity contribution in [1.29, 1.82) is 0 Å². The van der Waals surface area contributed by atoms with Crippen molar-refractivity contribution >= 4 is 0 Å². The quantitative estimate of drug-likeness (QED) is 0.825. The van der Waals surface area contributed by atoms with Crippen molar-refractivity contribution in [2.24, 2.45) is 11.1 Å². The first-order chi connectivity index (χ1) is 8.13. The lowest BCUT2D eigenvalue weighted by Gasteiger charge is -2.31. The lowest BCUT2D eigenvalue weighted by molar-refractivity contribution is 0.321. The van der Waals surface area contributed by atoms with Crippen molar-refractivity contribution < 1.29 is 9.52 Å². The minimum Gasteiger partial charge on any atom is -0.506 e. The van der Waals surface area contributed by atoms with Gasteiger partial charge in [-0.1, -0.05) is 19.9 Å². The van der Waals surface area contributed by atoms with Crippen molar-refractivity contribution in [2.75, 3.05) is 0 Å². The SMILES string of the molecule is CCC1(CC)C=CC(O)=C(N)C1.c1nnco1. The van der Waals surface area contributed by atoms with Crippen molar-refractivity contribution in [2.45, 2.75) is 33.1 Å². The summed E-state index contributed by atoms with van der Waals surface area (Å²) in [5.74, 6) is 0.243. The van der Waals surface area contributed by atoms with E-state index in [9.17, 15) is 5.11 Å². The van der Waals surface area contributed by atoms with E-state index in [-0.39, 0.29) is 11.2 Å². The zero-order valence-corrected chi connectivity index (χ0v) is 10.3. The number of hydrogen-bond donors (Lipinski definition) is 2. The van der Waals surface area contributed by atoms with E-state index in [1.165, 1.54) is 12.8 Å². The molecule has 0 aliphatic heterocycles. The number of rotatable bonds is 2. The molecule has 0 spiro atoms. The van der Waals surface area contributed by atoms with Crippen molar-refractivity contribution in [3.8, 4) is 0 Å². The lowest BCUT2D eigenvalue weighted by Crippen LogP contribution is -2.23. The summed E-state index contributed by atoms with van der Waals surface area (Å²) in [5, 5.41) is 15.9. The van der Waals surface area contributed by atoms with Gasteiger partial charge in [0.2, 0.25) is 12.8 Å². The first kappa shape index (κ1) is 13.3. The molecule has 0 saturated heterocycles. The number of hydrogen-bond acceptors (Lipinski definition) is 5. The third-order valence-electron chi connectivity index (χ3n) is 3.16. The molecule has 1 aliphatic carbocycles. The van der Waals surface area contributed by atoms with E-state index < -0.39 is 0 Å². The molecule has 5 nitrogen and oxygen atoms in total. The molecule has 0 atom stereocenters. The molecule has 3 N–H and O–H groups in total. The summed E-state index contributed by atoms with van der Waals surface area (Å²) in [5.41, 5.74) is 6.50. The highest BCUT2D eigenvalue weighted by Crippen LogP contribution is 2.37. The van der Waals surface area contributed by atoms with E-state index in [0.29, 0.717) is 5.70 Å². The van der Waals surface area contributed by atoms with Crippen LogP contribution in [0, 0.1) is 5.41 Å². The summed E-state index contributed by atoms with van der Waals surface area (Å²) in [6.45, 7) is 4.31. The fraction of sp³-hybridized carbons (Fsp3) is 0.500. The van der Waals surface area contributed by atoms with E-state index in [0.717, 1.165) is 19.3 Å². The monoisotopic (exact) mass is 237 g/mol. The van der Waals surface area contributed by atoms with Crippen molar-refractivity contribution in [3.05, 3.63) is 36.4 Å². The smallest absolute Gasteiger partial charge is 0.203 e. The Hall–Kier alpha value is -1.78. The highest BCUT2D eigenvalue weighted by molar-refractivity contribution is 5.26. The molecule has 0 bridgehead atoms. The Balaban J connectivity index is 0.000000239. The molecule has 0 saturated carbocycles. The molecular weight excluding hydrogens is 218 g/mol. The second kappa shape index (κ2) is 6.08. The summed E-state index contributed by atoms with van der Waals surface area (Å²) < 4.78 is 4.36. The van der Waals surface area contributed by atoms with Crippen LogP contribution in [0.2, 0.25) is 0 Å². The molecule has 2 rings (SSSR count). The highest BCUT2D eigenvalue weighted by Gasteiger charge is 2.27. The molecule has 5 heteroatoms. The number of aromatic nitrogens is 2. The van der Waals surface area contributed by atoms with Gasteiger partial charge in [0.1, 0.15) is 5.76 Å². The Labute approximate surface area is 101 Å². The number of nitrogens with zero attached hydrogens (tertiary/aromatic N) is 2. The number of allylic oxidation sites excluding steroid dienone is 3. The van der Waals surface area contributed by atoms with Gasteiger partial charge in [0, 0.05) is 0 Å². The van der Waals surface area contributed by atoms with Gasteiger partial charge in [0.05, 0.1) is 5.70 Å². The summed E-state index contributed by atoms with van der Waals surface area (Å²) in [6, 6.07) is 0. The zero-order chi connectivity index (χ0) is 12.7. The third-order valence-corrected chi connectivity index (χ3v) is 3.16. The zero-order valence-electron chi connectivity index (χ0n) is 10.3. The Kier molecular flexibility index (Phi) is 4.75. The number of aliphatic hydroxyl groups is 1. The van der Waals surface area contributed by atoms with Crippen LogP contribution in [0.25, 0.3) is 0 Å². The molecule has 0 radical (unpaired) electrons. The van der Waals surface area contributed by atoms with Gasteiger partial charge < -0.3 is 15.3 Å². The number of aliphatic hydroxyl groups excluding tert-OH is 1. The lowest BCUT2D eigenvalue weighted by atomic mass is 9.76. The third kappa shape index (κ3) is 3.62. The predicted octanol–water partition coefficient (Wildman–Crippen LogP) is 2.55. The molecular formula is C12H19N3O2. The molecule has 94 valence electrons. The average molecular weight is 237 g/mol. The van der Waals surface area contributed by atoms with Crippen LogP contribution in [0.3, 0.4) is 0 Å². The number of nitrogens with two attached hydrogens (primary N) is 1. The largest absolute Gasteiger partial charge is 0.506 e.